The molecule has 0 fully saturated rings. The van der Waals surface area contributed by atoms with E-state index in [0.717, 1.165) is 5.56 Å². The zero-order valence-corrected chi connectivity index (χ0v) is 12.0. The first kappa shape index (κ1) is 15.0. The summed E-state index contributed by atoms with van der Waals surface area (Å²) in [5.74, 6) is 0.460. The van der Waals surface area contributed by atoms with Crippen molar-refractivity contribution in [1.29, 1.82) is 0 Å². The number of nitrogens with zero attached hydrogens (tertiary/aromatic N) is 1. The monoisotopic (exact) mass is 287 g/mol. The van der Waals surface area contributed by atoms with Gasteiger partial charge in [-0.05, 0) is 36.6 Å². The summed E-state index contributed by atoms with van der Waals surface area (Å²) >= 11 is 0. The van der Waals surface area contributed by atoms with Crippen molar-refractivity contribution in [3.63, 3.8) is 0 Å². The topological polar surface area (TPSA) is 72.6 Å². The maximum Gasteiger partial charge on any atom is 0.270 e. The molecule has 0 saturated heterocycles. The number of aliphatic hydroxyl groups excluding tert-OH is 1. The van der Waals surface area contributed by atoms with Gasteiger partial charge in [-0.2, -0.15) is 0 Å². The fraction of sp³-hybridized carbons (Fsp3) is 0.250. The molecule has 0 amide bonds. The molecule has 0 aliphatic carbocycles. The van der Waals surface area contributed by atoms with Crippen molar-refractivity contribution in [2.75, 3.05) is 0 Å². The highest BCUT2D eigenvalue weighted by Crippen LogP contribution is 2.25. The zero-order valence-electron chi connectivity index (χ0n) is 12.0. The van der Waals surface area contributed by atoms with Crippen LogP contribution in [0.1, 0.15) is 22.3 Å². The number of non-ortho nitro benzene ring substituents is 1. The third kappa shape index (κ3) is 3.58. The fourth-order valence-corrected chi connectivity index (χ4v) is 2.00. The van der Waals surface area contributed by atoms with E-state index in [1.54, 1.807) is 0 Å². The highest BCUT2D eigenvalue weighted by Gasteiger charge is 2.11. The Morgan fingerprint density at radius 1 is 1.14 bits per heavy atom. The van der Waals surface area contributed by atoms with Crippen LogP contribution in [0.3, 0.4) is 0 Å². The fourth-order valence-electron chi connectivity index (χ4n) is 2.00. The SMILES string of the molecule is Cc1ccc(COc2ccc([N+](=O)[O-])cc2CO)cc1C. The summed E-state index contributed by atoms with van der Waals surface area (Å²) < 4.78 is 5.66. The largest absolute Gasteiger partial charge is 0.489 e. The molecule has 0 radical (unpaired) electrons. The lowest BCUT2D eigenvalue weighted by molar-refractivity contribution is -0.385. The lowest BCUT2D eigenvalue weighted by atomic mass is 10.1. The van der Waals surface area contributed by atoms with E-state index in [0.29, 0.717) is 17.9 Å². The molecule has 5 nitrogen and oxygen atoms in total. The Morgan fingerprint density at radius 2 is 1.90 bits per heavy atom. The summed E-state index contributed by atoms with van der Waals surface area (Å²) in [6.07, 6.45) is 0. The molecule has 21 heavy (non-hydrogen) atoms. The van der Waals surface area contributed by atoms with E-state index in [1.807, 2.05) is 32.0 Å². The summed E-state index contributed by atoms with van der Waals surface area (Å²) in [7, 11) is 0. The van der Waals surface area contributed by atoms with Crippen LogP contribution in [0.5, 0.6) is 5.75 Å². The maximum absolute atomic E-state index is 10.7. The molecule has 0 aliphatic rings. The number of hydrogen-bond acceptors (Lipinski definition) is 4. The number of aliphatic hydroxyl groups is 1. The van der Waals surface area contributed by atoms with Gasteiger partial charge in [-0.3, -0.25) is 10.1 Å². The molecule has 2 aromatic rings. The van der Waals surface area contributed by atoms with Crippen molar-refractivity contribution in [1.82, 2.24) is 0 Å². The first-order valence-electron chi connectivity index (χ1n) is 6.58. The van der Waals surface area contributed by atoms with Crippen LogP contribution in [0, 0.1) is 24.0 Å². The Balaban J connectivity index is 2.15. The van der Waals surface area contributed by atoms with Gasteiger partial charge < -0.3 is 9.84 Å². The summed E-state index contributed by atoms with van der Waals surface area (Å²) in [5, 5.41) is 20.0. The van der Waals surface area contributed by atoms with Gasteiger partial charge in [0.1, 0.15) is 12.4 Å². The second kappa shape index (κ2) is 6.37. The molecule has 0 bridgehead atoms. The van der Waals surface area contributed by atoms with Gasteiger partial charge in [-0.1, -0.05) is 18.2 Å². The first-order valence-corrected chi connectivity index (χ1v) is 6.58. The second-order valence-electron chi connectivity index (χ2n) is 4.91. The third-order valence-corrected chi connectivity index (χ3v) is 3.39. The van der Waals surface area contributed by atoms with Gasteiger partial charge in [0.15, 0.2) is 0 Å². The van der Waals surface area contributed by atoms with Crippen molar-refractivity contribution in [3.05, 3.63) is 68.8 Å². The molecule has 5 heteroatoms. The highest BCUT2D eigenvalue weighted by molar-refractivity contribution is 5.43. The van der Waals surface area contributed by atoms with Crippen LogP contribution in [-0.4, -0.2) is 10.0 Å². The second-order valence-corrected chi connectivity index (χ2v) is 4.91. The van der Waals surface area contributed by atoms with E-state index in [2.05, 4.69) is 0 Å². The summed E-state index contributed by atoms with van der Waals surface area (Å²) in [4.78, 5) is 10.2. The van der Waals surface area contributed by atoms with Gasteiger partial charge in [0.25, 0.3) is 5.69 Å². The van der Waals surface area contributed by atoms with Crippen LogP contribution < -0.4 is 4.74 Å². The van der Waals surface area contributed by atoms with Crippen molar-refractivity contribution < 1.29 is 14.8 Å². The molecule has 2 rings (SSSR count). The minimum atomic E-state index is -0.494. The average Bonchev–Trinajstić information content (AvgIpc) is 2.48. The van der Waals surface area contributed by atoms with Crippen LogP contribution in [0.25, 0.3) is 0 Å². The Bertz CT molecular complexity index is 667. The predicted molar refractivity (Wildman–Crippen MR) is 79.3 cm³/mol. The highest BCUT2D eigenvalue weighted by atomic mass is 16.6. The zero-order chi connectivity index (χ0) is 15.4. The van der Waals surface area contributed by atoms with Crippen LogP contribution in [0.4, 0.5) is 5.69 Å². The Morgan fingerprint density at radius 3 is 2.52 bits per heavy atom. The number of benzene rings is 2. The Hall–Kier alpha value is -2.40. The van der Waals surface area contributed by atoms with Gasteiger partial charge in [-0.15, -0.1) is 0 Å². The summed E-state index contributed by atoms with van der Waals surface area (Å²) in [6.45, 7) is 4.12. The number of ether oxygens (including phenoxy) is 1. The number of nitro groups is 1. The molecular formula is C16H17NO4. The average molecular weight is 287 g/mol. The molecule has 0 atom stereocenters. The molecule has 0 aliphatic heterocycles. The van der Waals surface area contributed by atoms with Crippen LogP contribution in [0.2, 0.25) is 0 Å². The molecule has 0 spiro atoms. The molecule has 0 saturated carbocycles. The van der Waals surface area contributed by atoms with Gasteiger partial charge in [0.2, 0.25) is 0 Å². The van der Waals surface area contributed by atoms with E-state index >= 15 is 0 Å². The molecule has 0 aromatic heterocycles. The number of hydrogen-bond donors (Lipinski definition) is 1. The normalized spacial score (nSPS) is 10.4. The lowest BCUT2D eigenvalue weighted by Crippen LogP contribution is -2.00. The molecule has 2 aromatic carbocycles. The minimum absolute atomic E-state index is 0.0578. The van der Waals surface area contributed by atoms with Gasteiger partial charge in [0.05, 0.1) is 11.5 Å². The molecule has 1 N–H and O–H groups in total. The lowest BCUT2D eigenvalue weighted by Gasteiger charge is -2.11. The van der Waals surface area contributed by atoms with Crippen molar-refractivity contribution in [2.24, 2.45) is 0 Å². The smallest absolute Gasteiger partial charge is 0.270 e. The quantitative estimate of drug-likeness (QED) is 0.676. The van der Waals surface area contributed by atoms with Gasteiger partial charge in [-0.25, -0.2) is 0 Å². The predicted octanol–water partition coefficient (Wildman–Crippen LogP) is 3.28. The minimum Gasteiger partial charge on any atom is -0.489 e. The molecular weight excluding hydrogens is 270 g/mol. The maximum atomic E-state index is 10.7. The Kier molecular flexibility index (Phi) is 4.55. The van der Waals surface area contributed by atoms with E-state index in [-0.39, 0.29) is 12.3 Å². The van der Waals surface area contributed by atoms with Crippen LogP contribution >= 0.6 is 0 Å². The molecule has 110 valence electrons. The summed E-state index contributed by atoms with van der Waals surface area (Å²) in [5.41, 5.74) is 3.76. The Labute approximate surface area is 123 Å². The molecule has 0 heterocycles. The number of aryl methyl sites for hydroxylation is 2. The van der Waals surface area contributed by atoms with Crippen molar-refractivity contribution >= 4 is 5.69 Å². The standard InChI is InChI=1S/C16H17NO4/c1-11-3-4-13(7-12(11)2)10-21-16-6-5-15(17(19)20)8-14(16)9-18/h3-8,18H,9-10H2,1-2H3. The van der Waals surface area contributed by atoms with E-state index in [1.165, 1.54) is 29.3 Å². The van der Waals surface area contributed by atoms with Gasteiger partial charge in [0, 0.05) is 17.7 Å². The van der Waals surface area contributed by atoms with Crippen LogP contribution in [-0.2, 0) is 13.2 Å². The van der Waals surface area contributed by atoms with Crippen molar-refractivity contribution in [2.45, 2.75) is 27.1 Å². The number of nitro benzene ring substituents is 1. The van der Waals surface area contributed by atoms with Crippen molar-refractivity contribution in [3.8, 4) is 5.75 Å². The van der Waals surface area contributed by atoms with Crippen LogP contribution in [0.15, 0.2) is 36.4 Å². The van der Waals surface area contributed by atoms with E-state index < -0.39 is 4.92 Å². The van der Waals surface area contributed by atoms with E-state index in [9.17, 15) is 15.2 Å². The molecule has 0 unspecified atom stereocenters. The third-order valence-electron chi connectivity index (χ3n) is 3.39. The summed E-state index contributed by atoms with van der Waals surface area (Å²) in [6, 6.07) is 10.3. The van der Waals surface area contributed by atoms with E-state index in [4.69, 9.17) is 4.74 Å². The van der Waals surface area contributed by atoms with Gasteiger partial charge >= 0.3 is 0 Å². The first-order chi connectivity index (χ1) is 10.0. The number of rotatable bonds is 5.